The van der Waals surface area contributed by atoms with Gasteiger partial charge in [0.15, 0.2) is 11.5 Å². The summed E-state index contributed by atoms with van der Waals surface area (Å²) in [5.74, 6) is 2.70. The Morgan fingerprint density at radius 3 is 1.86 bits per heavy atom. The van der Waals surface area contributed by atoms with Crippen LogP contribution in [0.25, 0.3) is 12.2 Å². The molecular formula is C18H20O4. The molecule has 0 N–H and O–H groups in total. The Morgan fingerprint density at radius 2 is 1.32 bits per heavy atom. The van der Waals surface area contributed by atoms with E-state index in [-0.39, 0.29) is 0 Å². The van der Waals surface area contributed by atoms with Crippen molar-refractivity contribution in [2.45, 2.75) is 0 Å². The molecule has 0 aliphatic carbocycles. The van der Waals surface area contributed by atoms with E-state index in [1.807, 2.05) is 48.6 Å². The van der Waals surface area contributed by atoms with Gasteiger partial charge >= 0.3 is 0 Å². The summed E-state index contributed by atoms with van der Waals surface area (Å²) in [5.41, 5.74) is 1.98. The molecule has 116 valence electrons. The lowest BCUT2D eigenvalue weighted by atomic mass is 10.1. The van der Waals surface area contributed by atoms with Gasteiger partial charge in [0.05, 0.1) is 28.4 Å². The molecule has 0 saturated heterocycles. The van der Waals surface area contributed by atoms with E-state index in [9.17, 15) is 0 Å². The van der Waals surface area contributed by atoms with Crippen molar-refractivity contribution >= 4 is 12.2 Å². The first-order chi connectivity index (χ1) is 10.7. The van der Waals surface area contributed by atoms with E-state index < -0.39 is 0 Å². The summed E-state index contributed by atoms with van der Waals surface area (Å²) in [4.78, 5) is 0. The maximum Gasteiger partial charge on any atom is 0.203 e. The Bertz CT molecular complexity index is 645. The van der Waals surface area contributed by atoms with Gasteiger partial charge in [0, 0.05) is 5.56 Å². The Hall–Kier alpha value is -2.62. The second kappa shape index (κ2) is 7.41. The number of methoxy groups -OCH3 is 4. The van der Waals surface area contributed by atoms with Gasteiger partial charge in [-0.1, -0.05) is 24.3 Å². The Labute approximate surface area is 130 Å². The number of hydrogen-bond donors (Lipinski definition) is 0. The third-order valence-electron chi connectivity index (χ3n) is 3.31. The van der Waals surface area contributed by atoms with Crippen LogP contribution >= 0.6 is 0 Å². The maximum absolute atomic E-state index is 5.46. The molecule has 2 rings (SSSR count). The van der Waals surface area contributed by atoms with Crippen molar-refractivity contribution in [3.63, 3.8) is 0 Å². The van der Waals surface area contributed by atoms with Crippen molar-refractivity contribution in [3.05, 3.63) is 47.5 Å². The van der Waals surface area contributed by atoms with Crippen LogP contribution in [0.3, 0.4) is 0 Å². The van der Waals surface area contributed by atoms with E-state index in [4.69, 9.17) is 18.9 Å². The average molecular weight is 300 g/mol. The van der Waals surface area contributed by atoms with Crippen molar-refractivity contribution in [2.75, 3.05) is 28.4 Å². The summed E-state index contributed by atoms with van der Waals surface area (Å²) < 4.78 is 21.3. The molecule has 0 atom stereocenters. The van der Waals surface area contributed by atoms with Crippen LogP contribution in [0.15, 0.2) is 36.4 Å². The van der Waals surface area contributed by atoms with E-state index >= 15 is 0 Å². The summed E-state index contributed by atoms with van der Waals surface area (Å²) in [7, 11) is 6.46. The number of ether oxygens (including phenoxy) is 4. The van der Waals surface area contributed by atoms with Gasteiger partial charge in [-0.15, -0.1) is 0 Å². The third kappa shape index (κ3) is 3.34. The summed E-state index contributed by atoms with van der Waals surface area (Å²) in [6.45, 7) is 0. The van der Waals surface area contributed by atoms with Crippen LogP contribution in [0.2, 0.25) is 0 Å². The van der Waals surface area contributed by atoms with E-state index in [1.165, 1.54) is 0 Å². The molecule has 4 heteroatoms. The molecule has 0 unspecified atom stereocenters. The van der Waals surface area contributed by atoms with Crippen molar-refractivity contribution in [1.82, 2.24) is 0 Å². The van der Waals surface area contributed by atoms with Crippen LogP contribution in [0, 0.1) is 0 Å². The molecule has 0 bridgehead atoms. The molecule has 0 aromatic heterocycles. The number of benzene rings is 2. The fourth-order valence-electron chi connectivity index (χ4n) is 2.16. The Kier molecular flexibility index (Phi) is 5.31. The molecule has 0 radical (unpaired) electrons. The van der Waals surface area contributed by atoms with Crippen LogP contribution in [0.5, 0.6) is 23.0 Å². The minimum atomic E-state index is 0.585. The number of hydrogen-bond acceptors (Lipinski definition) is 4. The second-order valence-corrected chi connectivity index (χ2v) is 4.53. The number of rotatable bonds is 6. The zero-order valence-electron chi connectivity index (χ0n) is 13.3. The SMILES string of the molecule is COc1ccc(/C=C\c2ccc(OC)c(OC)c2OC)cc1. The molecular weight excluding hydrogens is 280 g/mol. The molecule has 0 aliphatic heterocycles. The Balaban J connectivity index is 2.33. The highest BCUT2D eigenvalue weighted by Gasteiger charge is 2.13. The minimum absolute atomic E-state index is 0.585. The van der Waals surface area contributed by atoms with Gasteiger partial charge in [-0.2, -0.15) is 0 Å². The lowest BCUT2D eigenvalue weighted by molar-refractivity contribution is 0.324. The smallest absolute Gasteiger partial charge is 0.203 e. The zero-order valence-corrected chi connectivity index (χ0v) is 13.3. The van der Waals surface area contributed by atoms with Crippen LogP contribution in [0.1, 0.15) is 11.1 Å². The predicted molar refractivity (Wildman–Crippen MR) is 88.0 cm³/mol. The lowest BCUT2D eigenvalue weighted by Gasteiger charge is -2.14. The molecule has 0 saturated carbocycles. The van der Waals surface area contributed by atoms with Crippen molar-refractivity contribution < 1.29 is 18.9 Å². The van der Waals surface area contributed by atoms with Crippen LogP contribution in [-0.2, 0) is 0 Å². The van der Waals surface area contributed by atoms with Gasteiger partial charge in [0.25, 0.3) is 0 Å². The second-order valence-electron chi connectivity index (χ2n) is 4.53. The summed E-state index contributed by atoms with van der Waals surface area (Å²) in [5, 5.41) is 0. The molecule has 0 aliphatic rings. The summed E-state index contributed by atoms with van der Waals surface area (Å²) in [6, 6.07) is 11.6. The van der Waals surface area contributed by atoms with Crippen molar-refractivity contribution in [1.29, 1.82) is 0 Å². The first kappa shape index (κ1) is 15.8. The van der Waals surface area contributed by atoms with Crippen LogP contribution < -0.4 is 18.9 Å². The molecule has 2 aromatic rings. The molecule has 22 heavy (non-hydrogen) atoms. The summed E-state index contributed by atoms with van der Waals surface area (Å²) >= 11 is 0. The fourth-order valence-corrected chi connectivity index (χ4v) is 2.16. The maximum atomic E-state index is 5.46. The normalized spacial score (nSPS) is 10.5. The van der Waals surface area contributed by atoms with E-state index in [2.05, 4.69) is 0 Å². The van der Waals surface area contributed by atoms with Gasteiger partial charge in [0.1, 0.15) is 5.75 Å². The van der Waals surface area contributed by atoms with Gasteiger partial charge in [0.2, 0.25) is 5.75 Å². The monoisotopic (exact) mass is 300 g/mol. The fraction of sp³-hybridized carbons (Fsp3) is 0.222. The molecule has 0 fully saturated rings. The molecule has 0 spiro atoms. The van der Waals surface area contributed by atoms with Gasteiger partial charge < -0.3 is 18.9 Å². The van der Waals surface area contributed by atoms with E-state index in [0.717, 1.165) is 16.9 Å². The molecule has 0 amide bonds. The highest BCUT2D eigenvalue weighted by molar-refractivity contribution is 5.75. The highest BCUT2D eigenvalue weighted by Crippen LogP contribution is 2.40. The zero-order chi connectivity index (χ0) is 15.9. The van der Waals surface area contributed by atoms with Gasteiger partial charge in [-0.05, 0) is 29.8 Å². The van der Waals surface area contributed by atoms with Gasteiger partial charge in [-0.25, -0.2) is 0 Å². The Morgan fingerprint density at radius 1 is 0.636 bits per heavy atom. The van der Waals surface area contributed by atoms with Crippen LogP contribution in [-0.4, -0.2) is 28.4 Å². The van der Waals surface area contributed by atoms with Gasteiger partial charge in [-0.3, -0.25) is 0 Å². The average Bonchev–Trinajstić information content (AvgIpc) is 2.59. The quantitative estimate of drug-likeness (QED) is 0.758. The standard InChI is InChI=1S/C18H20O4/c1-19-15-10-6-13(7-11-15)5-8-14-9-12-16(20-2)18(22-4)17(14)21-3/h5-12H,1-4H3/b8-5-. The topological polar surface area (TPSA) is 36.9 Å². The van der Waals surface area contributed by atoms with Crippen molar-refractivity contribution in [3.8, 4) is 23.0 Å². The van der Waals surface area contributed by atoms with Crippen molar-refractivity contribution in [2.24, 2.45) is 0 Å². The third-order valence-corrected chi connectivity index (χ3v) is 3.31. The van der Waals surface area contributed by atoms with E-state index in [0.29, 0.717) is 17.2 Å². The minimum Gasteiger partial charge on any atom is -0.497 e. The first-order valence-corrected chi connectivity index (χ1v) is 6.84. The predicted octanol–water partition coefficient (Wildman–Crippen LogP) is 3.89. The molecule has 4 nitrogen and oxygen atoms in total. The molecule has 0 heterocycles. The summed E-state index contributed by atoms with van der Waals surface area (Å²) in [6.07, 6.45) is 3.98. The highest BCUT2D eigenvalue weighted by atomic mass is 16.5. The molecule has 2 aromatic carbocycles. The largest absolute Gasteiger partial charge is 0.497 e. The first-order valence-electron chi connectivity index (χ1n) is 6.84. The van der Waals surface area contributed by atoms with E-state index in [1.54, 1.807) is 28.4 Å². The van der Waals surface area contributed by atoms with Crippen LogP contribution in [0.4, 0.5) is 0 Å². The lowest BCUT2D eigenvalue weighted by Crippen LogP contribution is -1.96.